The van der Waals surface area contributed by atoms with Gasteiger partial charge < -0.3 is 5.73 Å². The number of hydrogen-bond donors (Lipinski definition) is 1. The first-order valence-electron chi connectivity index (χ1n) is 4.63. The highest BCUT2D eigenvalue weighted by Gasteiger charge is 2.26. The zero-order chi connectivity index (χ0) is 11.5. The highest BCUT2D eigenvalue weighted by molar-refractivity contribution is 7.09. The summed E-state index contributed by atoms with van der Waals surface area (Å²) < 4.78 is 35.6. The van der Waals surface area contributed by atoms with E-state index in [2.05, 4.69) is 4.98 Å². The molecule has 2 N–H and O–H groups in total. The Hall–Kier alpha value is -0.620. The van der Waals surface area contributed by atoms with E-state index in [0.717, 1.165) is 5.01 Å². The minimum absolute atomic E-state index is 0.0568. The molecule has 1 rings (SSSR count). The number of nitrogens with zero attached hydrogens (tertiary/aromatic N) is 1. The Morgan fingerprint density at radius 1 is 1.53 bits per heavy atom. The van der Waals surface area contributed by atoms with E-state index in [-0.39, 0.29) is 12.5 Å². The predicted molar refractivity (Wildman–Crippen MR) is 53.7 cm³/mol. The van der Waals surface area contributed by atoms with Crippen molar-refractivity contribution in [3.8, 4) is 0 Å². The number of aryl methyl sites for hydroxylation is 1. The minimum atomic E-state index is -4.09. The smallest absolute Gasteiger partial charge is 0.323 e. The lowest BCUT2D eigenvalue weighted by Crippen LogP contribution is -2.13. The summed E-state index contributed by atoms with van der Waals surface area (Å²) in [5.41, 5.74) is 6.41. The maximum Gasteiger partial charge on any atom is 0.389 e. The van der Waals surface area contributed by atoms with Gasteiger partial charge in [-0.05, 0) is 19.8 Å². The molecule has 0 radical (unpaired) electrons. The van der Waals surface area contributed by atoms with Gasteiger partial charge in [0, 0.05) is 17.8 Å². The van der Waals surface area contributed by atoms with Gasteiger partial charge in [-0.2, -0.15) is 13.2 Å². The van der Waals surface area contributed by atoms with Crippen LogP contribution in [0.25, 0.3) is 0 Å². The molecule has 2 nitrogen and oxygen atoms in total. The highest BCUT2D eigenvalue weighted by atomic mass is 32.1. The van der Waals surface area contributed by atoms with Crippen LogP contribution in [0.4, 0.5) is 13.2 Å². The topological polar surface area (TPSA) is 38.9 Å². The molecule has 0 amide bonds. The van der Waals surface area contributed by atoms with Crippen LogP contribution in [0.15, 0.2) is 5.38 Å². The number of alkyl halides is 3. The van der Waals surface area contributed by atoms with Crippen molar-refractivity contribution in [2.24, 2.45) is 5.73 Å². The third-order valence-corrected chi connectivity index (χ3v) is 2.78. The van der Waals surface area contributed by atoms with Crippen molar-refractivity contribution in [3.63, 3.8) is 0 Å². The van der Waals surface area contributed by atoms with Crippen LogP contribution >= 0.6 is 11.3 Å². The summed E-state index contributed by atoms with van der Waals surface area (Å²) >= 11 is 1.46. The monoisotopic (exact) mass is 238 g/mol. The van der Waals surface area contributed by atoms with Gasteiger partial charge in [0.15, 0.2) is 0 Å². The SMILES string of the molecule is Cc1nc(C(N)CCCC(F)(F)F)cs1. The second kappa shape index (κ2) is 4.94. The molecule has 1 aromatic heterocycles. The Bertz CT molecular complexity index is 309. The van der Waals surface area contributed by atoms with E-state index in [1.807, 2.05) is 6.92 Å². The molecule has 86 valence electrons. The quantitative estimate of drug-likeness (QED) is 0.875. The van der Waals surface area contributed by atoms with Crippen LogP contribution in [0.1, 0.15) is 36.0 Å². The van der Waals surface area contributed by atoms with Crippen LogP contribution < -0.4 is 5.73 Å². The van der Waals surface area contributed by atoms with Gasteiger partial charge in [0.1, 0.15) is 0 Å². The van der Waals surface area contributed by atoms with Gasteiger partial charge in [0.05, 0.1) is 10.7 Å². The molecule has 0 aromatic carbocycles. The molecule has 0 bridgehead atoms. The second-order valence-electron chi connectivity index (χ2n) is 3.41. The molecular weight excluding hydrogens is 225 g/mol. The minimum Gasteiger partial charge on any atom is -0.323 e. The van der Waals surface area contributed by atoms with E-state index in [1.54, 1.807) is 5.38 Å². The van der Waals surface area contributed by atoms with Crippen molar-refractivity contribution in [2.45, 2.75) is 38.4 Å². The van der Waals surface area contributed by atoms with Gasteiger partial charge in [-0.1, -0.05) is 0 Å². The Kier molecular flexibility index (Phi) is 4.10. The zero-order valence-electron chi connectivity index (χ0n) is 8.34. The van der Waals surface area contributed by atoms with Gasteiger partial charge in [-0.25, -0.2) is 4.98 Å². The summed E-state index contributed by atoms with van der Waals surface area (Å²) in [6.45, 7) is 1.84. The molecule has 1 unspecified atom stereocenters. The average molecular weight is 238 g/mol. The first kappa shape index (κ1) is 12.4. The summed E-state index contributed by atoms with van der Waals surface area (Å²) in [6, 6.07) is -0.378. The van der Waals surface area contributed by atoms with Gasteiger partial charge in [-0.15, -0.1) is 11.3 Å². The second-order valence-corrected chi connectivity index (χ2v) is 4.47. The van der Waals surface area contributed by atoms with Gasteiger partial charge in [0.25, 0.3) is 0 Å². The third kappa shape index (κ3) is 4.61. The summed E-state index contributed by atoms with van der Waals surface area (Å²) in [4.78, 5) is 4.14. The van der Waals surface area contributed by atoms with Crippen molar-refractivity contribution < 1.29 is 13.2 Å². The van der Waals surface area contributed by atoms with Crippen LogP contribution in [0.5, 0.6) is 0 Å². The lowest BCUT2D eigenvalue weighted by molar-refractivity contribution is -0.135. The molecular formula is C9H13F3N2S. The Morgan fingerprint density at radius 3 is 2.67 bits per heavy atom. The molecule has 1 heterocycles. The molecule has 0 saturated heterocycles. The van der Waals surface area contributed by atoms with Crippen molar-refractivity contribution >= 4 is 11.3 Å². The van der Waals surface area contributed by atoms with E-state index in [1.165, 1.54) is 11.3 Å². The summed E-state index contributed by atoms with van der Waals surface area (Å²) in [5, 5.41) is 2.68. The maximum absolute atomic E-state index is 11.9. The van der Waals surface area contributed by atoms with E-state index >= 15 is 0 Å². The van der Waals surface area contributed by atoms with Crippen LogP contribution in [-0.4, -0.2) is 11.2 Å². The molecule has 0 aliphatic rings. The largest absolute Gasteiger partial charge is 0.389 e. The molecule has 0 fully saturated rings. The fourth-order valence-corrected chi connectivity index (χ4v) is 1.90. The molecule has 0 spiro atoms. The molecule has 15 heavy (non-hydrogen) atoms. The lowest BCUT2D eigenvalue weighted by atomic mass is 10.1. The molecule has 0 saturated carbocycles. The number of thiazole rings is 1. The molecule has 1 atom stereocenters. The van der Waals surface area contributed by atoms with Gasteiger partial charge in [-0.3, -0.25) is 0 Å². The number of aromatic nitrogens is 1. The van der Waals surface area contributed by atoms with Crippen LogP contribution in [-0.2, 0) is 0 Å². The fraction of sp³-hybridized carbons (Fsp3) is 0.667. The molecule has 0 aliphatic heterocycles. The first-order chi connectivity index (χ1) is 6.88. The summed E-state index contributed by atoms with van der Waals surface area (Å²) in [7, 11) is 0. The van der Waals surface area contributed by atoms with E-state index < -0.39 is 12.6 Å². The van der Waals surface area contributed by atoms with Gasteiger partial charge >= 0.3 is 6.18 Å². The van der Waals surface area contributed by atoms with E-state index in [9.17, 15) is 13.2 Å². The van der Waals surface area contributed by atoms with Crippen molar-refractivity contribution in [1.82, 2.24) is 4.98 Å². The Morgan fingerprint density at radius 2 is 2.20 bits per heavy atom. The summed E-state index contributed by atoms with van der Waals surface area (Å²) in [5.74, 6) is 0. The number of halogens is 3. The van der Waals surface area contributed by atoms with Crippen molar-refractivity contribution in [2.75, 3.05) is 0 Å². The predicted octanol–water partition coefficient (Wildman–Crippen LogP) is 3.18. The van der Waals surface area contributed by atoms with Gasteiger partial charge in [0.2, 0.25) is 0 Å². The number of nitrogens with two attached hydrogens (primary N) is 1. The fourth-order valence-electron chi connectivity index (χ4n) is 1.22. The molecule has 1 aromatic rings. The lowest BCUT2D eigenvalue weighted by Gasteiger charge is -2.10. The molecule has 6 heteroatoms. The standard InChI is InChI=1S/C9H13F3N2S/c1-6-14-8(5-15-6)7(13)3-2-4-9(10,11)12/h5,7H,2-4,13H2,1H3. The Labute approximate surface area is 90.3 Å². The van der Waals surface area contributed by atoms with Crippen molar-refractivity contribution in [3.05, 3.63) is 16.1 Å². The number of hydrogen-bond acceptors (Lipinski definition) is 3. The maximum atomic E-state index is 11.9. The zero-order valence-corrected chi connectivity index (χ0v) is 9.16. The van der Waals surface area contributed by atoms with Crippen LogP contribution in [0, 0.1) is 6.92 Å². The third-order valence-electron chi connectivity index (χ3n) is 1.99. The molecule has 0 aliphatic carbocycles. The van der Waals surface area contributed by atoms with Crippen molar-refractivity contribution in [1.29, 1.82) is 0 Å². The van der Waals surface area contributed by atoms with E-state index in [4.69, 9.17) is 5.73 Å². The normalized spacial score (nSPS) is 14.2. The Balaban J connectivity index is 2.34. The average Bonchev–Trinajstić information content (AvgIpc) is 2.49. The number of rotatable bonds is 4. The van der Waals surface area contributed by atoms with Crippen LogP contribution in [0.2, 0.25) is 0 Å². The first-order valence-corrected chi connectivity index (χ1v) is 5.51. The van der Waals surface area contributed by atoms with E-state index in [0.29, 0.717) is 12.1 Å². The van der Waals surface area contributed by atoms with Crippen LogP contribution in [0.3, 0.4) is 0 Å². The highest BCUT2D eigenvalue weighted by Crippen LogP contribution is 2.25. The summed E-state index contributed by atoms with van der Waals surface area (Å²) in [6.07, 6.45) is -4.48.